The van der Waals surface area contributed by atoms with Crippen molar-refractivity contribution in [2.24, 2.45) is 0 Å². The number of carboxylic acid groups (broad SMARTS) is 1. The summed E-state index contributed by atoms with van der Waals surface area (Å²) in [7, 11) is 0. The molecule has 0 aliphatic carbocycles. The molecule has 3 N–H and O–H groups in total. The fourth-order valence-electron chi connectivity index (χ4n) is 3.31. The zero-order chi connectivity index (χ0) is 20.6. The summed E-state index contributed by atoms with van der Waals surface area (Å²) in [6.45, 7) is 2.23. The number of carbonyl (C=O) groups is 2. The van der Waals surface area contributed by atoms with Crippen molar-refractivity contribution in [1.82, 2.24) is 5.32 Å². The predicted octanol–water partition coefficient (Wildman–Crippen LogP) is 4.99. The normalized spacial score (nSPS) is 13.1. The number of nitrogens with one attached hydrogen (secondary N) is 1. The number of carbonyl (C=O) groups excluding carboxylic acids is 1. The molecule has 0 heterocycles. The van der Waals surface area contributed by atoms with Gasteiger partial charge in [0.05, 0.1) is 0 Å². The molecule has 0 saturated heterocycles. The molecule has 2 atom stereocenters. The minimum atomic E-state index is -1.33. The van der Waals surface area contributed by atoms with Crippen molar-refractivity contribution in [2.45, 2.75) is 96.1 Å². The molecular weight excluding hydrogens is 354 g/mol. The van der Waals surface area contributed by atoms with E-state index in [9.17, 15) is 19.8 Å². The van der Waals surface area contributed by atoms with Crippen molar-refractivity contribution >= 4 is 11.9 Å². The summed E-state index contributed by atoms with van der Waals surface area (Å²) >= 11 is 0. The van der Waals surface area contributed by atoms with E-state index in [4.69, 9.17) is 0 Å². The third-order valence-electron chi connectivity index (χ3n) is 5.05. The fourth-order valence-corrected chi connectivity index (χ4v) is 3.31. The second kappa shape index (κ2) is 15.1. The molecule has 0 aliphatic rings. The van der Waals surface area contributed by atoms with Crippen LogP contribution < -0.4 is 5.32 Å². The molecule has 1 aromatic carbocycles. The van der Waals surface area contributed by atoms with Gasteiger partial charge in [0.25, 0.3) is 0 Å². The van der Waals surface area contributed by atoms with Gasteiger partial charge in [-0.3, -0.25) is 4.79 Å². The van der Waals surface area contributed by atoms with Gasteiger partial charge in [0.2, 0.25) is 5.91 Å². The molecule has 1 amide bonds. The van der Waals surface area contributed by atoms with Crippen LogP contribution in [0.3, 0.4) is 0 Å². The average molecular weight is 392 g/mol. The lowest BCUT2D eigenvalue weighted by Gasteiger charge is -2.20. The Morgan fingerprint density at radius 2 is 1.36 bits per heavy atom. The topological polar surface area (TPSA) is 86.6 Å². The lowest BCUT2D eigenvalue weighted by atomic mass is 10.0. The van der Waals surface area contributed by atoms with Crippen molar-refractivity contribution < 1.29 is 19.8 Å². The molecule has 1 aromatic rings. The molecule has 5 heteroatoms. The Bertz CT molecular complexity index is 547. The first kappa shape index (κ1) is 24.2. The van der Waals surface area contributed by atoms with E-state index >= 15 is 0 Å². The Kier molecular flexibility index (Phi) is 13.0. The lowest BCUT2D eigenvalue weighted by molar-refractivity contribution is -0.145. The van der Waals surface area contributed by atoms with Crippen LogP contribution in [0.2, 0.25) is 0 Å². The van der Waals surface area contributed by atoms with Gasteiger partial charge in [-0.15, -0.1) is 0 Å². The zero-order valence-electron chi connectivity index (χ0n) is 17.2. The number of aliphatic hydroxyl groups excluding tert-OH is 1. The Balaban J connectivity index is 2.16. The van der Waals surface area contributed by atoms with Crippen LogP contribution in [0.15, 0.2) is 30.3 Å². The van der Waals surface area contributed by atoms with Crippen LogP contribution in [0, 0.1) is 0 Å². The number of unbranched alkanes of at least 4 members (excludes halogenated alkanes) is 10. The van der Waals surface area contributed by atoms with Crippen LogP contribution in [0.1, 0.15) is 95.6 Å². The smallest absolute Gasteiger partial charge is 0.329 e. The maximum atomic E-state index is 12.1. The summed E-state index contributed by atoms with van der Waals surface area (Å²) in [5.74, 6) is -1.55. The Morgan fingerprint density at radius 1 is 0.857 bits per heavy atom. The molecular formula is C23H37NO4. The van der Waals surface area contributed by atoms with Gasteiger partial charge in [0.15, 0.2) is 6.04 Å². The number of amides is 1. The van der Waals surface area contributed by atoms with Crippen LogP contribution in [0.5, 0.6) is 0 Å². The van der Waals surface area contributed by atoms with Crippen molar-refractivity contribution in [3.05, 3.63) is 35.9 Å². The van der Waals surface area contributed by atoms with E-state index in [0.29, 0.717) is 12.0 Å². The third-order valence-corrected chi connectivity index (χ3v) is 5.05. The maximum absolute atomic E-state index is 12.1. The molecule has 0 aliphatic heterocycles. The van der Waals surface area contributed by atoms with Gasteiger partial charge >= 0.3 is 5.97 Å². The predicted molar refractivity (Wildman–Crippen MR) is 112 cm³/mol. The number of carboxylic acids is 1. The molecule has 0 fully saturated rings. The molecule has 28 heavy (non-hydrogen) atoms. The van der Waals surface area contributed by atoms with E-state index in [1.807, 2.05) is 0 Å². The molecule has 0 bridgehead atoms. The van der Waals surface area contributed by atoms with Gasteiger partial charge in [0, 0.05) is 6.42 Å². The van der Waals surface area contributed by atoms with Crippen LogP contribution in [-0.2, 0) is 9.59 Å². The standard InChI is InChI=1S/C23H37NO4/c1-2-3-4-5-6-7-8-9-10-11-15-18-20(25)24-21(23(27)28)22(26)19-16-13-12-14-17-19/h12-14,16-17,21-22,26H,2-11,15,18H2,1H3,(H,24,25)(H,27,28)/t21-,22-/m1/s1. The largest absolute Gasteiger partial charge is 0.480 e. The highest BCUT2D eigenvalue weighted by atomic mass is 16.4. The second-order valence-electron chi connectivity index (χ2n) is 7.52. The minimum absolute atomic E-state index is 0.294. The molecule has 0 unspecified atom stereocenters. The van der Waals surface area contributed by atoms with Gasteiger partial charge in [-0.2, -0.15) is 0 Å². The summed E-state index contributed by atoms with van der Waals surface area (Å²) in [5, 5.41) is 22.1. The van der Waals surface area contributed by atoms with Crippen molar-refractivity contribution in [3.63, 3.8) is 0 Å². The molecule has 0 radical (unpaired) electrons. The molecule has 0 spiro atoms. The zero-order valence-corrected chi connectivity index (χ0v) is 17.2. The van der Waals surface area contributed by atoms with Crippen LogP contribution >= 0.6 is 0 Å². The molecule has 0 aromatic heterocycles. The number of aliphatic hydroxyl groups is 1. The van der Waals surface area contributed by atoms with Gasteiger partial charge in [-0.1, -0.05) is 101 Å². The Morgan fingerprint density at radius 3 is 1.86 bits per heavy atom. The lowest BCUT2D eigenvalue weighted by Crippen LogP contribution is -2.44. The first-order chi connectivity index (χ1) is 13.6. The van der Waals surface area contributed by atoms with Crippen molar-refractivity contribution in [2.75, 3.05) is 0 Å². The fraction of sp³-hybridized carbons (Fsp3) is 0.652. The number of aliphatic carboxylic acids is 1. The highest BCUT2D eigenvalue weighted by Gasteiger charge is 2.29. The first-order valence-electron chi connectivity index (χ1n) is 10.8. The summed E-state index contributed by atoms with van der Waals surface area (Å²) in [5.41, 5.74) is 0.477. The maximum Gasteiger partial charge on any atom is 0.329 e. The highest BCUT2D eigenvalue weighted by molar-refractivity contribution is 5.84. The van der Waals surface area contributed by atoms with Gasteiger partial charge < -0.3 is 15.5 Å². The van der Waals surface area contributed by atoms with Crippen LogP contribution in [0.4, 0.5) is 0 Å². The van der Waals surface area contributed by atoms with E-state index in [2.05, 4.69) is 12.2 Å². The van der Waals surface area contributed by atoms with Crippen LogP contribution in [-0.4, -0.2) is 28.1 Å². The molecule has 5 nitrogen and oxygen atoms in total. The van der Waals surface area contributed by atoms with Crippen molar-refractivity contribution in [1.29, 1.82) is 0 Å². The monoisotopic (exact) mass is 391 g/mol. The number of hydrogen-bond donors (Lipinski definition) is 3. The van der Waals surface area contributed by atoms with Gasteiger partial charge in [-0.05, 0) is 12.0 Å². The number of rotatable bonds is 16. The summed E-state index contributed by atoms with van der Waals surface area (Å²) in [6, 6.07) is 7.21. The quantitative estimate of drug-likeness (QED) is 0.346. The second-order valence-corrected chi connectivity index (χ2v) is 7.52. The van der Waals surface area contributed by atoms with E-state index in [1.165, 1.54) is 51.4 Å². The van der Waals surface area contributed by atoms with E-state index in [-0.39, 0.29) is 5.91 Å². The number of hydrogen-bond acceptors (Lipinski definition) is 3. The van der Waals surface area contributed by atoms with Gasteiger partial charge in [0.1, 0.15) is 6.10 Å². The van der Waals surface area contributed by atoms with E-state index in [1.54, 1.807) is 30.3 Å². The average Bonchev–Trinajstić information content (AvgIpc) is 2.70. The Hall–Kier alpha value is -1.88. The van der Waals surface area contributed by atoms with Crippen LogP contribution in [0.25, 0.3) is 0 Å². The van der Waals surface area contributed by atoms with E-state index < -0.39 is 18.1 Å². The van der Waals surface area contributed by atoms with E-state index in [0.717, 1.165) is 19.3 Å². The Labute approximate surface area is 169 Å². The SMILES string of the molecule is CCCCCCCCCCCCCC(=O)N[C@@H](C(=O)O)[C@H](O)c1ccccc1. The third kappa shape index (κ3) is 10.5. The summed E-state index contributed by atoms with van der Waals surface area (Å²) in [6.07, 6.45) is 12.2. The first-order valence-corrected chi connectivity index (χ1v) is 10.8. The van der Waals surface area contributed by atoms with Crippen molar-refractivity contribution in [3.8, 4) is 0 Å². The number of benzene rings is 1. The molecule has 0 saturated carbocycles. The van der Waals surface area contributed by atoms with Gasteiger partial charge in [-0.25, -0.2) is 4.79 Å². The highest BCUT2D eigenvalue weighted by Crippen LogP contribution is 2.17. The molecule has 1 rings (SSSR count). The summed E-state index contributed by atoms with van der Waals surface area (Å²) < 4.78 is 0. The molecule has 158 valence electrons. The summed E-state index contributed by atoms with van der Waals surface area (Å²) in [4.78, 5) is 23.5. The minimum Gasteiger partial charge on any atom is -0.480 e.